The smallest absolute Gasteiger partial charge is 0.191 e. The lowest BCUT2D eigenvalue weighted by Gasteiger charge is -2.11. The van der Waals surface area contributed by atoms with Crippen LogP contribution in [0.25, 0.3) is 0 Å². The van der Waals surface area contributed by atoms with Crippen LogP contribution in [0.4, 0.5) is 0 Å². The van der Waals surface area contributed by atoms with E-state index in [1.165, 1.54) is 48.2 Å². The molecule has 114 valence electrons. The molecule has 3 rings (SSSR count). The Morgan fingerprint density at radius 1 is 1.00 bits per heavy atom. The molecule has 0 amide bonds. The minimum absolute atomic E-state index is 1.14. The number of hydrogen-bond acceptors (Lipinski definition) is 0. The Bertz CT molecular complexity index is 658. The minimum Gasteiger partial charge on any atom is -0.341 e. The Hall–Kier alpha value is -1.93. The van der Waals surface area contributed by atoms with Gasteiger partial charge < -0.3 is 5.32 Å². The normalized spacial score (nSPS) is 13.6. The summed E-state index contributed by atoms with van der Waals surface area (Å²) in [7, 11) is 0. The summed E-state index contributed by atoms with van der Waals surface area (Å²) < 4.78 is 2.46. The van der Waals surface area contributed by atoms with E-state index in [1.807, 2.05) is 0 Å². The van der Waals surface area contributed by atoms with Gasteiger partial charge in [-0.15, -0.1) is 0 Å². The predicted molar refractivity (Wildman–Crippen MR) is 91.8 cm³/mol. The van der Waals surface area contributed by atoms with E-state index >= 15 is 0 Å². The zero-order valence-electron chi connectivity index (χ0n) is 13.5. The average molecular weight is 294 g/mol. The summed E-state index contributed by atoms with van der Waals surface area (Å²) in [6.07, 6.45) is 4.67. The summed E-state index contributed by atoms with van der Waals surface area (Å²) in [6.45, 7) is 6.85. The van der Waals surface area contributed by atoms with Crippen LogP contribution in [0.2, 0.25) is 0 Å². The van der Waals surface area contributed by atoms with Gasteiger partial charge in [-0.1, -0.05) is 42.5 Å². The van der Waals surface area contributed by atoms with Gasteiger partial charge in [-0.3, -0.25) is 0 Å². The Morgan fingerprint density at radius 2 is 1.82 bits per heavy atom. The van der Waals surface area contributed by atoms with E-state index in [-0.39, 0.29) is 0 Å². The van der Waals surface area contributed by atoms with Crippen LogP contribution < -0.4 is 5.32 Å². The van der Waals surface area contributed by atoms with E-state index in [0.29, 0.717) is 0 Å². The molecule has 2 heteroatoms. The first kappa shape index (κ1) is 15.0. The lowest BCUT2D eigenvalue weighted by molar-refractivity contribution is -0.682. The first-order valence-electron chi connectivity index (χ1n) is 8.36. The SMILES string of the molecule is Cc1ccccc1CC[NH2+]CC[N+]1=Cc2ccccc2CC1. The third kappa shape index (κ3) is 3.83. The molecule has 1 aliphatic heterocycles. The highest BCUT2D eigenvalue weighted by molar-refractivity contribution is 5.78. The number of quaternary nitrogens is 1. The summed E-state index contributed by atoms with van der Waals surface area (Å²) in [5.74, 6) is 0. The fourth-order valence-electron chi connectivity index (χ4n) is 3.14. The highest BCUT2D eigenvalue weighted by Gasteiger charge is 2.15. The number of aryl methyl sites for hydroxylation is 1. The summed E-state index contributed by atoms with van der Waals surface area (Å²) in [5, 5.41) is 2.45. The van der Waals surface area contributed by atoms with Gasteiger partial charge in [0.05, 0.1) is 6.54 Å². The molecule has 0 bridgehead atoms. The molecule has 0 radical (unpaired) electrons. The predicted octanol–water partition coefficient (Wildman–Crippen LogP) is 1.79. The van der Waals surface area contributed by atoms with Crippen molar-refractivity contribution in [3.8, 4) is 0 Å². The molecule has 2 N–H and O–H groups in total. The number of hydrogen-bond donors (Lipinski definition) is 1. The second-order valence-corrected chi connectivity index (χ2v) is 6.16. The van der Waals surface area contributed by atoms with Crippen LogP contribution in [-0.4, -0.2) is 37.0 Å². The molecule has 0 spiro atoms. The second kappa shape index (κ2) is 7.37. The number of fused-ring (bicyclic) bond motifs is 1. The molecule has 2 aromatic carbocycles. The molecule has 1 heterocycles. The molecule has 0 saturated heterocycles. The maximum atomic E-state index is 2.46. The van der Waals surface area contributed by atoms with Crippen molar-refractivity contribution in [2.75, 3.05) is 26.2 Å². The molecular formula is C20H26N2+2. The summed E-state index contributed by atoms with van der Waals surface area (Å²) >= 11 is 0. The molecule has 22 heavy (non-hydrogen) atoms. The summed E-state index contributed by atoms with van der Waals surface area (Å²) in [6, 6.07) is 17.5. The molecule has 2 nitrogen and oxygen atoms in total. The van der Waals surface area contributed by atoms with Gasteiger partial charge >= 0.3 is 0 Å². The molecule has 0 fully saturated rings. The van der Waals surface area contributed by atoms with Crippen molar-refractivity contribution in [3.63, 3.8) is 0 Å². The quantitative estimate of drug-likeness (QED) is 0.619. The molecule has 1 aliphatic rings. The molecule has 0 aromatic heterocycles. The van der Waals surface area contributed by atoms with Gasteiger partial charge in [-0.05, 0) is 29.7 Å². The first-order chi connectivity index (χ1) is 10.8. The topological polar surface area (TPSA) is 19.6 Å². The van der Waals surface area contributed by atoms with Crippen LogP contribution in [-0.2, 0) is 12.8 Å². The molecule has 2 aromatic rings. The highest BCUT2D eigenvalue weighted by Crippen LogP contribution is 2.10. The van der Waals surface area contributed by atoms with Crippen LogP contribution in [0.5, 0.6) is 0 Å². The van der Waals surface area contributed by atoms with Crippen LogP contribution in [0, 0.1) is 6.92 Å². The fourth-order valence-corrected chi connectivity index (χ4v) is 3.14. The first-order valence-corrected chi connectivity index (χ1v) is 8.36. The van der Waals surface area contributed by atoms with Gasteiger partial charge in [-0.2, -0.15) is 0 Å². The fraction of sp³-hybridized carbons (Fsp3) is 0.350. The van der Waals surface area contributed by atoms with Gasteiger partial charge in [0.1, 0.15) is 13.1 Å². The number of nitrogens with zero attached hydrogens (tertiary/aromatic N) is 1. The molecule has 0 saturated carbocycles. The molecule has 0 unspecified atom stereocenters. The highest BCUT2D eigenvalue weighted by atomic mass is 15.0. The lowest BCUT2D eigenvalue weighted by Crippen LogP contribution is -2.86. The van der Waals surface area contributed by atoms with Gasteiger partial charge in [0.2, 0.25) is 0 Å². The zero-order valence-corrected chi connectivity index (χ0v) is 13.5. The maximum Gasteiger partial charge on any atom is 0.191 e. The van der Waals surface area contributed by atoms with Crippen molar-refractivity contribution in [1.29, 1.82) is 0 Å². The lowest BCUT2D eigenvalue weighted by atomic mass is 10.0. The minimum atomic E-state index is 1.14. The van der Waals surface area contributed by atoms with E-state index < -0.39 is 0 Å². The standard InChI is InChI=1S/C20H25N2/c1-17-6-2-3-7-18(17)10-12-21-13-15-22-14-11-19-8-4-5-9-20(19)16-22/h2-9,16,21H,10-15H2,1H3/q+1/p+1. The Labute approximate surface area is 133 Å². The van der Waals surface area contributed by atoms with Crippen molar-refractivity contribution < 1.29 is 9.89 Å². The van der Waals surface area contributed by atoms with Gasteiger partial charge in [0, 0.05) is 18.4 Å². The van der Waals surface area contributed by atoms with Crippen molar-refractivity contribution in [2.24, 2.45) is 0 Å². The third-order valence-electron chi connectivity index (χ3n) is 4.54. The van der Waals surface area contributed by atoms with Crippen LogP contribution in [0.3, 0.4) is 0 Å². The molecule has 0 aliphatic carbocycles. The Balaban J connectivity index is 1.43. The zero-order chi connectivity index (χ0) is 15.2. The maximum absolute atomic E-state index is 2.46. The van der Waals surface area contributed by atoms with Crippen LogP contribution >= 0.6 is 0 Å². The summed E-state index contributed by atoms with van der Waals surface area (Å²) in [5.41, 5.74) is 5.78. The van der Waals surface area contributed by atoms with E-state index in [0.717, 1.165) is 13.1 Å². The Kier molecular flexibility index (Phi) is 5.02. The summed E-state index contributed by atoms with van der Waals surface area (Å²) in [4.78, 5) is 0. The number of rotatable bonds is 6. The van der Waals surface area contributed by atoms with Crippen molar-refractivity contribution in [1.82, 2.24) is 0 Å². The van der Waals surface area contributed by atoms with E-state index in [2.05, 4.69) is 71.6 Å². The van der Waals surface area contributed by atoms with E-state index in [1.54, 1.807) is 0 Å². The van der Waals surface area contributed by atoms with E-state index in [4.69, 9.17) is 0 Å². The largest absolute Gasteiger partial charge is 0.341 e. The van der Waals surface area contributed by atoms with Gasteiger partial charge in [0.15, 0.2) is 12.8 Å². The Morgan fingerprint density at radius 3 is 2.73 bits per heavy atom. The molecular weight excluding hydrogens is 268 g/mol. The molecule has 0 atom stereocenters. The van der Waals surface area contributed by atoms with Gasteiger partial charge in [0.25, 0.3) is 0 Å². The number of nitrogens with two attached hydrogens (primary N) is 1. The average Bonchev–Trinajstić information content (AvgIpc) is 2.56. The van der Waals surface area contributed by atoms with Crippen LogP contribution in [0.15, 0.2) is 48.5 Å². The van der Waals surface area contributed by atoms with E-state index in [9.17, 15) is 0 Å². The van der Waals surface area contributed by atoms with Crippen LogP contribution in [0.1, 0.15) is 22.3 Å². The van der Waals surface area contributed by atoms with Crippen molar-refractivity contribution in [3.05, 3.63) is 70.8 Å². The second-order valence-electron chi connectivity index (χ2n) is 6.16. The van der Waals surface area contributed by atoms with Crippen molar-refractivity contribution >= 4 is 6.21 Å². The number of benzene rings is 2. The third-order valence-corrected chi connectivity index (χ3v) is 4.54. The van der Waals surface area contributed by atoms with Crippen molar-refractivity contribution in [2.45, 2.75) is 19.8 Å². The monoisotopic (exact) mass is 294 g/mol. The van der Waals surface area contributed by atoms with Gasteiger partial charge in [-0.25, -0.2) is 4.58 Å².